The van der Waals surface area contributed by atoms with E-state index in [0.29, 0.717) is 0 Å². The Hall–Kier alpha value is -8.66. The van der Waals surface area contributed by atoms with Crippen LogP contribution < -0.4 is 10.9 Å². The van der Waals surface area contributed by atoms with E-state index in [2.05, 4.69) is 249 Å². The minimum atomic E-state index is -0.115. The van der Waals surface area contributed by atoms with Gasteiger partial charge < -0.3 is 9.05 Å². The van der Waals surface area contributed by atoms with Gasteiger partial charge in [0.2, 0.25) is 0 Å². The van der Waals surface area contributed by atoms with Crippen molar-refractivity contribution in [2.75, 3.05) is 0 Å². The van der Waals surface area contributed by atoms with Crippen molar-refractivity contribution in [2.45, 2.75) is 27.7 Å². The van der Waals surface area contributed by atoms with Gasteiger partial charge in [-0.1, -0.05) is 164 Å². The third-order valence-corrected chi connectivity index (χ3v) is 16.1. The highest BCUT2D eigenvalue weighted by molar-refractivity contribution is 6.90. The third-order valence-electron chi connectivity index (χ3n) is 16.1. The van der Waals surface area contributed by atoms with Gasteiger partial charge in [0, 0.05) is 49.2 Å². The van der Waals surface area contributed by atoms with Gasteiger partial charge in [0.15, 0.2) is 0 Å². The van der Waals surface area contributed by atoms with Gasteiger partial charge in [-0.2, -0.15) is 0 Å². The van der Waals surface area contributed by atoms with E-state index >= 15 is 0 Å². The number of aromatic nitrogens is 2. The molecule has 2 aliphatic heterocycles. The maximum absolute atomic E-state index is 2.74. The fourth-order valence-corrected chi connectivity index (χ4v) is 13.2. The van der Waals surface area contributed by atoms with Crippen LogP contribution in [0.25, 0.3) is 127 Å². The molecule has 0 amide bonds. The number of fused-ring (bicyclic) bond motifs is 12. The lowest BCUT2D eigenvalue weighted by atomic mass is 9.45. The van der Waals surface area contributed by atoms with E-state index in [9.17, 15) is 0 Å². The smallest absolute Gasteiger partial charge is 0.333 e. The molecule has 2 aliphatic rings. The zero-order valence-electron chi connectivity index (χ0n) is 40.2. The molecular formula is C68H47BN2. The Balaban J connectivity index is 1.17. The molecule has 2 nitrogen and oxygen atoms in total. The zero-order valence-corrected chi connectivity index (χ0v) is 40.2. The molecule has 0 fully saturated rings. The molecular weight excluding hydrogens is 856 g/mol. The second kappa shape index (κ2) is 14.9. The van der Waals surface area contributed by atoms with Crippen LogP contribution in [0.2, 0.25) is 0 Å². The average Bonchev–Trinajstić information content (AvgIpc) is 3.92. The standard InChI is InChI=1S/C68H47BN2/c1-40-18-16-19-41(2)63(40)50-36-58-59-39-54(64-42(3)20-17-21-43(64)4)51-28-14-15-29-52(51)66(59)70-62-38-49(46-26-12-7-13-27-46)33-55-57-35-48(45-24-10-6-11-25-45)34-56-53-32-47(44-22-8-5-9-23-44)30-31-61(53)71(67(56)57)69(65(55)62)60(37-50)68(58)70/h5-39H,1-4H3. The second-order valence-corrected chi connectivity index (χ2v) is 20.2. The Morgan fingerprint density at radius 2 is 0.831 bits per heavy atom. The van der Waals surface area contributed by atoms with Crippen molar-refractivity contribution in [3.05, 3.63) is 235 Å². The van der Waals surface area contributed by atoms with Crippen LogP contribution in [0, 0.1) is 27.7 Å². The van der Waals surface area contributed by atoms with Gasteiger partial charge >= 0.3 is 6.85 Å². The first-order chi connectivity index (χ1) is 34.9. The highest BCUT2D eigenvalue weighted by Gasteiger charge is 2.43. The quantitative estimate of drug-likeness (QED) is 0.152. The summed E-state index contributed by atoms with van der Waals surface area (Å²) in [5, 5.41) is 7.66. The van der Waals surface area contributed by atoms with E-state index in [1.165, 1.54) is 160 Å². The molecule has 2 aromatic heterocycles. The SMILES string of the molecule is Cc1cccc(C)c1-c1cc2c3c(c1)c1cc(-c4c(C)cccc4C)c4ccccc4c1n3-c1cc(-c3ccccc3)cc3c1B2n1c2ccc(-c4ccccc4)cc2c2cc(-c4ccccc4)cc-3c21. The van der Waals surface area contributed by atoms with Crippen LogP contribution in [-0.4, -0.2) is 15.9 Å². The minimum absolute atomic E-state index is 0.115. The maximum Gasteiger partial charge on any atom is 0.333 e. The predicted molar refractivity (Wildman–Crippen MR) is 303 cm³/mol. The van der Waals surface area contributed by atoms with E-state index in [-0.39, 0.29) is 6.85 Å². The Bertz CT molecular complexity index is 4380. The molecule has 0 spiro atoms. The molecule has 0 unspecified atom stereocenters. The van der Waals surface area contributed by atoms with E-state index < -0.39 is 0 Å². The maximum atomic E-state index is 2.74. The van der Waals surface area contributed by atoms with Gasteiger partial charge in [0.25, 0.3) is 0 Å². The summed E-state index contributed by atoms with van der Waals surface area (Å²) in [7, 11) is 0. The minimum Gasteiger partial charge on any atom is -0.375 e. The number of hydrogen-bond acceptors (Lipinski definition) is 0. The number of aryl methyl sites for hydroxylation is 4. The molecule has 0 radical (unpaired) electrons. The molecule has 0 saturated heterocycles. The molecule has 3 heteroatoms. The van der Waals surface area contributed by atoms with Crippen molar-refractivity contribution >= 4 is 72.2 Å². The molecule has 332 valence electrons. The van der Waals surface area contributed by atoms with Gasteiger partial charge in [-0.25, -0.2) is 0 Å². The summed E-state index contributed by atoms with van der Waals surface area (Å²) in [4.78, 5) is 0. The van der Waals surface area contributed by atoms with Crippen molar-refractivity contribution in [1.82, 2.24) is 9.05 Å². The second-order valence-electron chi connectivity index (χ2n) is 20.2. The third kappa shape index (κ3) is 5.66. The topological polar surface area (TPSA) is 9.86 Å². The molecule has 0 atom stereocenters. The number of benzene rings is 11. The largest absolute Gasteiger partial charge is 0.375 e. The van der Waals surface area contributed by atoms with Crippen LogP contribution in [0.15, 0.2) is 212 Å². The highest BCUT2D eigenvalue weighted by atomic mass is 15.0. The van der Waals surface area contributed by atoms with E-state index in [4.69, 9.17) is 0 Å². The Labute approximate surface area is 413 Å². The molecule has 0 saturated carbocycles. The van der Waals surface area contributed by atoms with Crippen molar-refractivity contribution in [3.63, 3.8) is 0 Å². The lowest BCUT2D eigenvalue weighted by Gasteiger charge is -2.35. The summed E-state index contributed by atoms with van der Waals surface area (Å²) in [6.45, 7) is 8.98. The van der Waals surface area contributed by atoms with Crippen molar-refractivity contribution < 1.29 is 0 Å². The monoisotopic (exact) mass is 902 g/mol. The molecule has 4 heterocycles. The van der Waals surface area contributed by atoms with Crippen LogP contribution >= 0.6 is 0 Å². The van der Waals surface area contributed by atoms with Gasteiger partial charge in [-0.3, -0.25) is 0 Å². The van der Waals surface area contributed by atoms with Gasteiger partial charge in [-0.05, 0) is 176 Å². The normalized spacial score (nSPS) is 12.5. The van der Waals surface area contributed by atoms with Crippen LogP contribution in [0.5, 0.6) is 0 Å². The molecule has 0 N–H and O–H groups in total. The summed E-state index contributed by atoms with van der Waals surface area (Å²) in [6, 6.07) is 80.4. The summed E-state index contributed by atoms with van der Waals surface area (Å²) >= 11 is 0. The van der Waals surface area contributed by atoms with Crippen molar-refractivity contribution in [2.24, 2.45) is 0 Å². The number of nitrogens with zero attached hydrogens (tertiary/aromatic N) is 2. The fourth-order valence-electron chi connectivity index (χ4n) is 13.2. The predicted octanol–water partition coefficient (Wildman–Crippen LogP) is 16.6. The van der Waals surface area contributed by atoms with Crippen LogP contribution in [0.4, 0.5) is 0 Å². The molecule has 11 aromatic carbocycles. The molecule has 71 heavy (non-hydrogen) atoms. The van der Waals surface area contributed by atoms with Gasteiger partial charge in [0.1, 0.15) is 0 Å². The Kier molecular flexibility index (Phi) is 8.46. The summed E-state index contributed by atoms with van der Waals surface area (Å²) < 4.78 is 5.43. The van der Waals surface area contributed by atoms with E-state index in [1.54, 1.807) is 0 Å². The van der Waals surface area contributed by atoms with Crippen LogP contribution in [0.3, 0.4) is 0 Å². The van der Waals surface area contributed by atoms with E-state index in [1.807, 2.05) is 0 Å². The lowest BCUT2D eigenvalue weighted by molar-refractivity contribution is 1.18. The summed E-state index contributed by atoms with van der Waals surface area (Å²) in [6.07, 6.45) is 0. The first-order valence-corrected chi connectivity index (χ1v) is 25.0. The molecule has 15 rings (SSSR count). The highest BCUT2D eigenvalue weighted by Crippen LogP contribution is 2.49. The first kappa shape index (κ1) is 40.3. The van der Waals surface area contributed by atoms with E-state index in [0.717, 1.165) is 0 Å². The Morgan fingerprint density at radius 1 is 0.310 bits per heavy atom. The number of hydrogen-bond donors (Lipinski definition) is 0. The van der Waals surface area contributed by atoms with Crippen molar-refractivity contribution in [1.29, 1.82) is 0 Å². The van der Waals surface area contributed by atoms with Crippen LogP contribution in [0.1, 0.15) is 22.3 Å². The summed E-state index contributed by atoms with van der Waals surface area (Å²) in [5.74, 6) is 0. The first-order valence-electron chi connectivity index (χ1n) is 25.0. The summed E-state index contributed by atoms with van der Waals surface area (Å²) in [5.41, 5.74) is 29.2. The van der Waals surface area contributed by atoms with Crippen molar-refractivity contribution in [3.8, 4) is 72.4 Å². The fraction of sp³-hybridized carbons (Fsp3) is 0.0588. The molecule has 13 aromatic rings. The lowest BCUT2D eigenvalue weighted by Crippen LogP contribution is -2.55. The molecule has 0 aliphatic carbocycles. The Morgan fingerprint density at radius 3 is 1.49 bits per heavy atom. The average molecular weight is 903 g/mol. The van der Waals surface area contributed by atoms with Gasteiger partial charge in [0.05, 0.1) is 11.0 Å². The molecule has 0 bridgehead atoms. The number of rotatable bonds is 5. The van der Waals surface area contributed by atoms with Crippen LogP contribution in [-0.2, 0) is 0 Å². The zero-order chi connectivity index (χ0) is 47.2. The van der Waals surface area contributed by atoms with Gasteiger partial charge in [-0.15, -0.1) is 0 Å².